The van der Waals surface area contributed by atoms with Gasteiger partial charge in [0.25, 0.3) is 5.91 Å². The summed E-state index contributed by atoms with van der Waals surface area (Å²) < 4.78 is 0. The third kappa shape index (κ3) is 3.46. The van der Waals surface area contributed by atoms with Gasteiger partial charge in [0.15, 0.2) is 0 Å². The Balaban J connectivity index is 2.19. The molecule has 1 atom stereocenters. The molecule has 2 heterocycles. The van der Waals surface area contributed by atoms with Crippen LogP contribution < -0.4 is 5.32 Å². The Labute approximate surface area is 131 Å². The molecule has 22 heavy (non-hydrogen) atoms. The van der Waals surface area contributed by atoms with Gasteiger partial charge in [0.2, 0.25) is 11.8 Å². The largest absolute Gasteiger partial charge is 0.323 e. The number of carbonyl (C=O) groups is 3. The van der Waals surface area contributed by atoms with Gasteiger partial charge >= 0.3 is 0 Å². The first-order chi connectivity index (χ1) is 10.2. The Morgan fingerprint density at radius 1 is 1.27 bits per heavy atom. The van der Waals surface area contributed by atoms with Crippen LogP contribution in [0.2, 0.25) is 0 Å². The van der Waals surface area contributed by atoms with Crippen LogP contribution in [-0.2, 0) is 14.4 Å². The van der Waals surface area contributed by atoms with Crippen molar-refractivity contribution in [1.29, 1.82) is 0 Å². The van der Waals surface area contributed by atoms with E-state index in [-0.39, 0.29) is 29.6 Å². The first-order valence-electron chi connectivity index (χ1n) is 7.79. The smallest absolute Gasteiger partial charge is 0.251 e. The van der Waals surface area contributed by atoms with Crippen LogP contribution in [0.1, 0.15) is 47.0 Å². The van der Waals surface area contributed by atoms with E-state index in [0.717, 1.165) is 11.1 Å². The van der Waals surface area contributed by atoms with Crippen LogP contribution in [0.15, 0.2) is 23.3 Å². The number of nitrogens with one attached hydrogen (secondary N) is 1. The summed E-state index contributed by atoms with van der Waals surface area (Å²) in [4.78, 5) is 37.4. The van der Waals surface area contributed by atoms with Gasteiger partial charge in [0.1, 0.15) is 6.04 Å². The molecule has 1 N–H and O–H groups in total. The van der Waals surface area contributed by atoms with E-state index in [0.29, 0.717) is 19.4 Å². The molecule has 0 aromatic heterocycles. The van der Waals surface area contributed by atoms with Crippen molar-refractivity contribution in [3.05, 3.63) is 23.3 Å². The van der Waals surface area contributed by atoms with Crippen LogP contribution in [0.4, 0.5) is 0 Å². The molecule has 5 nitrogen and oxygen atoms in total. The number of nitrogens with zero attached hydrogens (tertiary/aromatic N) is 1. The number of hydrogen-bond acceptors (Lipinski definition) is 3. The molecule has 0 bridgehead atoms. The second-order valence-corrected chi connectivity index (χ2v) is 6.96. The van der Waals surface area contributed by atoms with E-state index in [1.54, 1.807) is 4.90 Å². The van der Waals surface area contributed by atoms with E-state index in [1.807, 2.05) is 13.0 Å². The standard InChI is InChI=1S/C17H24N2O3/c1-5-12-11(8-9-17(2,3)4)10-19(16(12)22)13-6-7-14(20)18-15(13)21/h8-9,13H,5-7,10H2,1-4H3,(H,18,20,21)/b9-8-. The van der Waals surface area contributed by atoms with Crippen LogP contribution in [0, 0.1) is 5.41 Å². The number of piperidine rings is 1. The Hall–Kier alpha value is -1.91. The first-order valence-corrected chi connectivity index (χ1v) is 7.79. The predicted molar refractivity (Wildman–Crippen MR) is 83.8 cm³/mol. The number of imide groups is 1. The summed E-state index contributed by atoms with van der Waals surface area (Å²) in [7, 11) is 0. The molecular formula is C17H24N2O3. The van der Waals surface area contributed by atoms with Crippen molar-refractivity contribution in [2.75, 3.05) is 6.54 Å². The van der Waals surface area contributed by atoms with Crippen LogP contribution >= 0.6 is 0 Å². The summed E-state index contributed by atoms with van der Waals surface area (Å²) in [6.07, 6.45) is 5.42. The van der Waals surface area contributed by atoms with E-state index in [1.165, 1.54) is 0 Å². The monoisotopic (exact) mass is 304 g/mol. The Bertz CT molecular complexity index is 567. The normalized spacial score (nSPS) is 23.7. The fourth-order valence-corrected chi connectivity index (χ4v) is 2.77. The quantitative estimate of drug-likeness (QED) is 0.810. The maximum Gasteiger partial charge on any atom is 0.251 e. The zero-order valence-corrected chi connectivity index (χ0v) is 13.7. The predicted octanol–water partition coefficient (Wildman–Crippen LogP) is 1.94. The number of amides is 3. The van der Waals surface area contributed by atoms with Crippen molar-refractivity contribution >= 4 is 17.7 Å². The maximum atomic E-state index is 12.6. The summed E-state index contributed by atoms with van der Waals surface area (Å²) in [6.45, 7) is 8.70. The molecule has 0 aromatic carbocycles. The third-order valence-corrected chi connectivity index (χ3v) is 3.97. The third-order valence-electron chi connectivity index (χ3n) is 3.97. The van der Waals surface area contributed by atoms with Crippen molar-refractivity contribution in [2.45, 2.75) is 53.0 Å². The van der Waals surface area contributed by atoms with Gasteiger partial charge in [0, 0.05) is 18.5 Å². The summed E-state index contributed by atoms with van der Waals surface area (Å²) in [5, 5.41) is 2.32. The Morgan fingerprint density at radius 3 is 2.50 bits per heavy atom. The molecule has 0 aromatic rings. The van der Waals surface area contributed by atoms with E-state index < -0.39 is 6.04 Å². The minimum Gasteiger partial charge on any atom is -0.323 e. The summed E-state index contributed by atoms with van der Waals surface area (Å²) in [5.41, 5.74) is 1.79. The topological polar surface area (TPSA) is 66.5 Å². The molecule has 0 spiro atoms. The van der Waals surface area contributed by atoms with E-state index >= 15 is 0 Å². The van der Waals surface area contributed by atoms with Gasteiger partial charge in [-0.05, 0) is 23.8 Å². The molecule has 120 valence electrons. The lowest BCUT2D eigenvalue weighted by molar-refractivity contribution is -0.142. The fourth-order valence-electron chi connectivity index (χ4n) is 2.77. The molecule has 2 aliphatic heterocycles. The van der Waals surface area contributed by atoms with Crippen LogP contribution in [0.3, 0.4) is 0 Å². The molecule has 2 rings (SSSR count). The molecule has 5 heteroatoms. The van der Waals surface area contributed by atoms with E-state index in [2.05, 4.69) is 32.2 Å². The summed E-state index contributed by atoms with van der Waals surface area (Å²) >= 11 is 0. The maximum absolute atomic E-state index is 12.6. The van der Waals surface area contributed by atoms with E-state index in [9.17, 15) is 14.4 Å². The average Bonchev–Trinajstić information content (AvgIpc) is 2.72. The fraction of sp³-hybridized carbons (Fsp3) is 0.588. The molecule has 1 saturated heterocycles. The van der Waals surface area contributed by atoms with Gasteiger partial charge in [-0.2, -0.15) is 0 Å². The summed E-state index contributed by atoms with van der Waals surface area (Å²) in [6, 6.07) is -0.535. The molecule has 2 aliphatic rings. The highest BCUT2D eigenvalue weighted by molar-refractivity contribution is 6.05. The number of rotatable bonds is 3. The molecule has 0 radical (unpaired) electrons. The van der Waals surface area contributed by atoms with Crippen LogP contribution in [0.5, 0.6) is 0 Å². The van der Waals surface area contributed by atoms with Crippen molar-refractivity contribution < 1.29 is 14.4 Å². The Kier molecular flexibility index (Phi) is 4.54. The van der Waals surface area contributed by atoms with Crippen LogP contribution in [0.25, 0.3) is 0 Å². The van der Waals surface area contributed by atoms with Crippen molar-refractivity contribution in [1.82, 2.24) is 10.2 Å². The van der Waals surface area contributed by atoms with Crippen molar-refractivity contribution in [2.24, 2.45) is 5.41 Å². The van der Waals surface area contributed by atoms with Gasteiger partial charge in [-0.15, -0.1) is 0 Å². The lowest BCUT2D eigenvalue weighted by Crippen LogP contribution is -2.53. The molecule has 0 saturated carbocycles. The van der Waals surface area contributed by atoms with Crippen molar-refractivity contribution in [3.63, 3.8) is 0 Å². The lowest BCUT2D eigenvalue weighted by atomic mass is 9.94. The van der Waals surface area contributed by atoms with Crippen molar-refractivity contribution in [3.8, 4) is 0 Å². The van der Waals surface area contributed by atoms with Gasteiger partial charge in [-0.3, -0.25) is 19.7 Å². The molecule has 3 amide bonds. The molecule has 1 fully saturated rings. The molecular weight excluding hydrogens is 280 g/mol. The number of carbonyl (C=O) groups excluding carboxylic acids is 3. The second-order valence-electron chi connectivity index (χ2n) is 6.96. The first kappa shape index (κ1) is 16.5. The molecule has 1 unspecified atom stereocenters. The summed E-state index contributed by atoms with van der Waals surface area (Å²) in [5.74, 6) is -0.698. The van der Waals surface area contributed by atoms with Gasteiger partial charge in [-0.1, -0.05) is 39.8 Å². The zero-order valence-electron chi connectivity index (χ0n) is 13.7. The van der Waals surface area contributed by atoms with Gasteiger partial charge < -0.3 is 4.90 Å². The average molecular weight is 304 g/mol. The Morgan fingerprint density at radius 2 is 1.95 bits per heavy atom. The number of hydrogen-bond donors (Lipinski definition) is 1. The SMILES string of the molecule is CCC1=C(/C=C\C(C)(C)C)CN(C2CCC(=O)NC2=O)C1=O. The van der Waals surface area contributed by atoms with Gasteiger partial charge in [-0.25, -0.2) is 0 Å². The van der Waals surface area contributed by atoms with Crippen LogP contribution in [-0.4, -0.2) is 35.2 Å². The second kappa shape index (κ2) is 6.07. The minimum absolute atomic E-state index is 0.0386. The van der Waals surface area contributed by atoms with Gasteiger partial charge in [0.05, 0.1) is 0 Å². The molecule has 0 aliphatic carbocycles. The van der Waals surface area contributed by atoms with E-state index in [4.69, 9.17) is 0 Å². The highest BCUT2D eigenvalue weighted by atomic mass is 16.2. The highest BCUT2D eigenvalue weighted by Gasteiger charge is 2.39. The zero-order chi connectivity index (χ0) is 16.5. The minimum atomic E-state index is -0.535. The highest BCUT2D eigenvalue weighted by Crippen LogP contribution is 2.28. The number of allylic oxidation sites excluding steroid dienone is 1. The lowest BCUT2D eigenvalue weighted by Gasteiger charge is -2.29.